The zero-order valence-corrected chi connectivity index (χ0v) is 12.0. The van der Waals surface area contributed by atoms with Crippen molar-refractivity contribution in [3.8, 4) is 5.75 Å². The van der Waals surface area contributed by atoms with Gasteiger partial charge in [0, 0.05) is 12.1 Å². The van der Waals surface area contributed by atoms with Gasteiger partial charge in [0.2, 0.25) is 11.8 Å². The van der Waals surface area contributed by atoms with E-state index in [0.717, 1.165) is 24.2 Å². The number of benzene rings is 1. The molecule has 1 aromatic carbocycles. The second-order valence-corrected chi connectivity index (χ2v) is 5.98. The third-order valence-electron chi connectivity index (χ3n) is 4.86. The summed E-state index contributed by atoms with van der Waals surface area (Å²) in [6.07, 6.45) is 1.70. The quantitative estimate of drug-likeness (QED) is 0.783. The molecular weight excluding hydrogens is 268 g/mol. The van der Waals surface area contributed by atoms with Crippen molar-refractivity contribution >= 4 is 11.8 Å². The highest BCUT2D eigenvalue weighted by molar-refractivity contribution is 5.97. The van der Waals surface area contributed by atoms with Crippen LogP contribution in [0.5, 0.6) is 5.75 Å². The van der Waals surface area contributed by atoms with E-state index in [9.17, 15) is 9.59 Å². The second kappa shape index (κ2) is 4.48. The van der Waals surface area contributed by atoms with Gasteiger partial charge < -0.3 is 14.5 Å². The van der Waals surface area contributed by atoms with E-state index in [1.165, 1.54) is 0 Å². The number of amides is 2. The molecule has 5 nitrogen and oxygen atoms in total. The molecule has 3 aliphatic heterocycles. The normalized spacial score (nSPS) is 31.2. The van der Waals surface area contributed by atoms with Crippen molar-refractivity contribution < 1.29 is 14.3 Å². The van der Waals surface area contributed by atoms with Crippen LogP contribution in [0.1, 0.15) is 31.4 Å². The predicted octanol–water partition coefficient (Wildman–Crippen LogP) is 1.34. The minimum atomic E-state index is -0.411. The smallest absolute Gasteiger partial charge is 0.246 e. The molecule has 3 heterocycles. The first-order valence-corrected chi connectivity index (χ1v) is 7.53. The molecule has 0 aromatic heterocycles. The van der Waals surface area contributed by atoms with Gasteiger partial charge in [-0.05, 0) is 25.8 Å². The van der Waals surface area contributed by atoms with Crippen molar-refractivity contribution in [2.24, 2.45) is 0 Å². The molecule has 2 saturated heterocycles. The molecule has 2 fully saturated rings. The van der Waals surface area contributed by atoms with E-state index < -0.39 is 6.04 Å². The topological polar surface area (TPSA) is 49.9 Å². The average molecular weight is 286 g/mol. The highest BCUT2D eigenvalue weighted by Crippen LogP contribution is 2.40. The molecule has 21 heavy (non-hydrogen) atoms. The molecule has 3 aliphatic rings. The fourth-order valence-electron chi connectivity index (χ4n) is 3.81. The van der Waals surface area contributed by atoms with Gasteiger partial charge in [-0.3, -0.25) is 9.59 Å². The molecule has 4 rings (SSSR count). The lowest BCUT2D eigenvalue weighted by Gasteiger charge is -2.43. The molecule has 0 spiro atoms. The third kappa shape index (κ3) is 1.69. The first-order valence-electron chi connectivity index (χ1n) is 7.53. The largest absolute Gasteiger partial charge is 0.491 e. The number of carbonyl (C=O) groups excluding carboxylic acids is 2. The van der Waals surface area contributed by atoms with E-state index in [1.807, 2.05) is 31.2 Å². The van der Waals surface area contributed by atoms with Gasteiger partial charge in [0.1, 0.15) is 24.4 Å². The molecule has 0 radical (unpaired) electrons. The molecule has 0 N–H and O–H groups in total. The zero-order valence-electron chi connectivity index (χ0n) is 12.0. The molecule has 110 valence electrons. The van der Waals surface area contributed by atoms with Crippen LogP contribution in [0.4, 0.5) is 0 Å². The Morgan fingerprint density at radius 3 is 2.81 bits per heavy atom. The Kier molecular flexibility index (Phi) is 2.71. The number of para-hydroxylation sites is 1. The number of hydrogen-bond donors (Lipinski definition) is 0. The summed E-state index contributed by atoms with van der Waals surface area (Å²) in [5.74, 6) is 0.968. The lowest BCUT2D eigenvalue weighted by molar-refractivity contribution is -0.161. The summed E-state index contributed by atoms with van der Waals surface area (Å²) in [7, 11) is 0. The summed E-state index contributed by atoms with van der Waals surface area (Å²) in [6, 6.07) is 6.95. The number of rotatable bonds is 1. The van der Waals surface area contributed by atoms with Gasteiger partial charge in [0.25, 0.3) is 0 Å². The van der Waals surface area contributed by atoms with Crippen LogP contribution in [0, 0.1) is 0 Å². The highest BCUT2D eigenvalue weighted by Gasteiger charge is 2.49. The molecule has 0 bridgehead atoms. The molecule has 1 aromatic rings. The van der Waals surface area contributed by atoms with Crippen LogP contribution >= 0.6 is 0 Å². The average Bonchev–Trinajstić information content (AvgIpc) is 3.12. The monoisotopic (exact) mass is 286 g/mol. The Bertz CT molecular complexity index is 615. The lowest BCUT2D eigenvalue weighted by Crippen LogP contribution is -2.62. The van der Waals surface area contributed by atoms with E-state index in [-0.39, 0.29) is 23.9 Å². The van der Waals surface area contributed by atoms with E-state index in [0.29, 0.717) is 13.2 Å². The maximum Gasteiger partial charge on any atom is 0.246 e. The van der Waals surface area contributed by atoms with Crippen molar-refractivity contribution in [2.45, 2.75) is 37.9 Å². The molecular formula is C16H18N2O3. The van der Waals surface area contributed by atoms with E-state index in [2.05, 4.69) is 0 Å². The van der Waals surface area contributed by atoms with Crippen LogP contribution in [-0.4, -0.2) is 46.8 Å². The van der Waals surface area contributed by atoms with Crippen molar-refractivity contribution in [2.75, 3.05) is 13.2 Å². The summed E-state index contributed by atoms with van der Waals surface area (Å²) < 4.78 is 5.69. The van der Waals surface area contributed by atoms with Crippen LogP contribution in [0.3, 0.4) is 0 Å². The second-order valence-electron chi connectivity index (χ2n) is 5.98. The van der Waals surface area contributed by atoms with Gasteiger partial charge in [-0.15, -0.1) is 0 Å². The van der Waals surface area contributed by atoms with Gasteiger partial charge in [-0.25, -0.2) is 0 Å². The summed E-state index contributed by atoms with van der Waals surface area (Å²) in [5.41, 5.74) is 1.01. The van der Waals surface area contributed by atoms with Gasteiger partial charge in [-0.1, -0.05) is 18.2 Å². The van der Waals surface area contributed by atoms with E-state index in [4.69, 9.17) is 4.74 Å². The van der Waals surface area contributed by atoms with Crippen molar-refractivity contribution in [1.82, 2.24) is 9.80 Å². The third-order valence-corrected chi connectivity index (χ3v) is 4.86. The number of hydrogen-bond acceptors (Lipinski definition) is 3. The zero-order chi connectivity index (χ0) is 14.6. The standard InChI is InChI=1S/C16H18N2O3/c1-10-15(19)17-8-4-6-12(17)16(20)18(10)13-9-21-14-7-3-2-5-11(13)14/h2-3,5,7,10,12-13H,4,6,8-9H2,1H3. The first kappa shape index (κ1) is 12.7. The number of ether oxygens (including phenoxy) is 1. The summed E-state index contributed by atoms with van der Waals surface area (Å²) in [4.78, 5) is 28.9. The van der Waals surface area contributed by atoms with Gasteiger partial charge in [-0.2, -0.15) is 0 Å². The molecule has 3 unspecified atom stereocenters. The number of nitrogens with zero attached hydrogens (tertiary/aromatic N) is 2. The lowest BCUT2D eigenvalue weighted by atomic mass is 9.99. The van der Waals surface area contributed by atoms with Gasteiger partial charge >= 0.3 is 0 Å². The minimum absolute atomic E-state index is 0.0708. The van der Waals surface area contributed by atoms with E-state index in [1.54, 1.807) is 9.80 Å². The SMILES string of the molecule is CC1C(=O)N2CCCC2C(=O)N1C1COc2ccccc21. The maximum atomic E-state index is 12.8. The summed E-state index contributed by atoms with van der Waals surface area (Å²) in [6.45, 7) is 2.98. The number of fused-ring (bicyclic) bond motifs is 2. The highest BCUT2D eigenvalue weighted by atomic mass is 16.5. The van der Waals surface area contributed by atoms with Crippen LogP contribution in [0.25, 0.3) is 0 Å². The molecule has 3 atom stereocenters. The van der Waals surface area contributed by atoms with Crippen LogP contribution < -0.4 is 4.74 Å². The van der Waals surface area contributed by atoms with Crippen LogP contribution in [-0.2, 0) is 9.59 Å². The Morgan fingerprint density at radius 1 is 1.14 bits per heavy atom. The molecule has 5 heteroatoms. The Labute approximate surface area is 123 Å². The fraction of sp³-hybridized carbons (Fsp3) is 0.500. The Balaban J connectivity index is 1.71. The van der Waals surface area contributed by atoms with Gasteiger partial charge in [0.15, 0.2) is 0 Å². The van der Waals surface area contributed by atoms with Crippen molar-refractivity contribution in [1.29, 1.82) is 0 Å². The maximum absolute atomic E-state index is 12.8. The van der Waals surface area contributed by atoms with Crippen molar-refractivity contribution in [3.05, 3.63) is 29.8 Å². The molecule has 0 saturated carbocycles. The first-order chi connectivity index (χ1) is 10.2. The predicted molar refractivity (Wildman–Crippen MR) is 75.7 cm³/mol. The fourth-order valence-corrected chi connectivity index (χ4v) is 3.81. The van der Waals surface area contributed by atoms with Gasteiger partial charge in [0.05, 0.1) is 6.04 Å². The molecule has 0 aliphatic carbocycles. The Morgan fingerprint density at radius 2 is 1.95 bits per heavy atom. The summed E-state index contributed by atoms with van der Waals surface area (Å²) in [5, 5.41) is 0. The van der Waals surface area contributed by atoms with E-state index >= 15 is 0 Å². The Hall–Kier alpha value is -2.04. The summed E-state index contributed by atoms with van der Waals surface area (Å²) >= 11 is 0. The van der Waals surface area contributed by atoms with Crippen LogP contribution in [0.15, 0.2) is 24.3 Å². The number of piperazine rings is 1. The van der Waals surface area contributed by atoms with Crippen molar-refractivity contribution in [3.63, 3.8) is 0 Å². The molecule has 2 amide bonds. The minimum Gasteiger partial charge on any atom is -0.491 e. The number of carbonyl (C=O) groups is 2. The van der Waals surface area contributed by atoms with Crippen LogP contribution in [0.2, 0.25) is 0 Å².